The van der Waals surface area contributed by atoms with Crippen molar-refractivity contribution >= 4 is 17.6 Å². The summed E-state index contributed by atoms with van der Waals surface area (Å²) >= 11 is 5.98. The highest BCUT2D eigenvalue weighted by Crippen LogP contribution is 2.24. The second-order valence-electron chi connectivity index (χ2n) is 5.72. The maximum atomic E-state index is 10.6. The molecule has 1 N–H and O–H groups in total. The van der Waals surface area contributed by atoms with Crippen molar-refractivity contribution in [2.75, 3.05) is 13.1 Å². The Hall–Kier alpha value is -1.06. The zero-order chi connectivity index (χ0) is 14.5. The number of aliphatic carboxylic acids is 1. The van der Waals surface area contributed by atoms with Crippen molar-refractivity contribution in [3.05, 3.63) is 34.3 Å². The molecule has 1 aromatic carbocycles. The molecule has 2 rings (SSSR count). The van der Waals surface area contributed by atoms with Gasteiger partial charge in [-0.15, -0.1) is 0 Å². The van der Waals surface area contributed by atoms with Crippen LogP contribution in [0.25, 0.3) is 0 Å². The van der Waals surface area contributed by atoms with E-state index in [1.165, 1.54) is 11.1 Å². The molecule has 0 bridgehead atoms. The molecule has 0 amide bonds. The lowest BCUT2D eigenvalue weighted by atomic mass is 9.92. The zero-order valence-corrected chi connectivity index (χ0v) is 12.7. The fourth-order valence-corrected chi connectivity index (χ4v) is 3.07. The third-order valence-corrected chi connectivity index (χ3v) is 4.41. The van der Waals surface area contributed by atoms with Crippen molar-refractivity contribution in [3.63, 3.8) is 0 Å². The first-order valence-corrected chi connectivity index (χ1v) is 7.61. The molecule has 1 saturated heterocycles. The van der Waals surface area contributed by atoms with Gasteiger partial charge in [-0.05, 0) is 68.5 Å². The third kappa shape index (κ3) is 4.50. The molecule has 0 saturated carbocycles. The van der Waals surface area contributed by atoms with Crippen LogP contribution in [0.2, 0.25) is 5.02 Å². The normalized spacial score (nSPS) is 17.3. The first-order valence-electron chi connectivity index (χ1n) is 7.24. The summed E-state index contributed by atoms with van der Waals surface area (Å²) in [7, 11) is 0. The number of aryl methyl sites for hydroxylation is 1. The largest absolute Gasteiger partial charge is 0.481 e. The first-order chi connectivity index (χ1) is 9.54. The molecule has 1 aromatic rings. The minimum atomic E-state index is -0.677. The fourth-order valence-electron chi connectivity index (χ4n) is 2.84. The van der Waals surface area contributed by atoms with E-state index in [2.05, 4.69) is 17.9 Å². The molecule has 0 aromatic heterocycles. The third-order valence-electron chi connectivity index (χ3n) is 4.17. The van der Waals surface area contributed by atoms with E-state index in [-0.39, 0.29) is 0 Å². The van der Waals surface area contributed by atoms with Gasteiger partial charge in [0.25, 0.3) is 0 Å². The Kier molecular flexibility index (Phi) is 5.44. The lowest BCUT2D eigenvalue weighted by Gasteiger charge is -2.32. The van der Waals surface area contributed by atoms with Gasteiger partial charge in [-0.2, -0.15) is 0 Å². The van der Waals surface area contributed by atoms with E-state index in [0.717, 1.165) is 43.9 Å². The minimum Gasteiger partial charge on any atom is -0.481 e. The number of piperidine rings is 1. The second kappa shape index (κ2) is 7.09. The number of rotatable bonds is 5. The summed E-state index contributed by atoms with van der Waals surface area (Å²) in [6, 6.07) is 6.06. The molecule has 0 spiro atoms. The Morgan fingerprint density at radius 3 is 2.70 bits per heavy atom. The first kappa shape index (κ1) is 15.3. The molecule has 110 valence electrons. The minimum absolute atomic E-state index is 0.307. The van der Waals surface area contributed by atoms with Gasteiger partial charge >= 0.3 is 5.97 Å². The summed E-state index contributed by atoms with van der Waals surface area (Å²) in [5, 5.41) is 9.51. The molecule has 20 heavy (non-hydrogen) atoms. The Balaban J connectivity index is 1.80. The second-order valence-corrected chi connectivity index (χ2v) is 6.16. The average molecular weight is 296 g/mol. The van der Waals surface area contributed by atoms with Crippen LogP contribution in [-0.2, 0) is 11.3 Å². The van der Waals surface area contributed by atoms with Crippen molar-refractivity contribution < 1.29 is 9.90 Å². The van der Waals surface area contributed by atoms with Gasteiger partial charge in [-0.1, -0.05) is 17.7 Å². The van der Waals surface area contributed by atoms with Crippen LogP contribution in [0.3, 0.4) is 0 Å². The number of likely N-dealkylation sites (tertiary alicyclic amines) is 1. The Labute approximate surface area is 125 Å². The monoisotopic (exact) mass is 295 g/mol. The Bertz CT molecular complexity index is 468. The number of carbonyl (C=O) groups is 1. The van der Waals surface area contributed by atoms with E-state index in [1.807, 2.05) is 12.1 Å². The molecule has 1 aliphatic rings. The van der Waals surface area contributed by atoms with Crippen LogP contribution < -0.4 is 0 Å². The van der Waals surface area contributed by atoms with Crippen molar-refractivity contribution in [3.8, 4) is 0 Å². The highest BCUT2D eigenvalue weighted by atomic mass is 35.5. The zero-order valence-electron chi connectivity index (χ0n) is 11.9. The topological polar surface area (TPSA) is 40.5 Å². The van der Waals surface area contributed by atoms with Crippen LogP contribution in [0.4, 0.5) is 0 Å². The maximum Gasteiger partial charge on any atom is 0.303 e. The summed E-state index contributed by atoms with van der Waals surface area (Å²) in [4.78, 5) is 13.0. The summed E-state index contributed by atoms with van der Waals surface area (Å²) in [6.07, 6.45) is 3.35. The van der Waals surface area contributed by atoms with Gasteiger partial charge in [0.2, 0.25) is 0 Å². The van der Waals surface area contributed by atoms with Crippen molar-refractivity contribution in [2.45, 2.75) is 39.2 Å². The molecule has 1 aliphatic heterocycles. The van der Waals surface area contributed by atoms with E-state index in [0.29, 0.717) is 12.3 Å². The number of carboxylic acids is 1. The van der Waals surface area contributed by atoms with E-state index in [1.54, 1.807) is 0 Å². The SMILES string of the molecule is Cc1cc(Cl)ccc1CN1CCC(CCC(=O)O)CC1. The molecule has 0 aliphatic carbocycles. The number of halogens is 1. The number of hydrogen-bond acceptors (Lipinski definition) is 2. The average Bonchev–Trinajstić information content (AvgIpc) is 2.41. The highest BCUT2D eigenvalue weighted by Gasteiger charge is 2.20. The highest BCUT2D eigenvalue weighted by molar-refractivity contribution is 6.30. The van der Waals surface area contributed by atoms with E-state index in [9.17, 15) is 4.79 Å². The number of benzene rings is 1. The lowest BCUT2D eigenvalue weighted by molar-refractivity contribution is -0.137. The van der Waals surface area contributed by atoms with Crippen molar-refractivity contribution in [2.24, 2.45) is 5.92 Å². The smallest absolute Gasteiger partial charge is 0.303 e. The van der Waals surface area contributed by atoms with Crippen LogP contribution >= 0.6 is 11.6 Å². The van der Waals surface area contributed by atoms with Crippen LogP contribution in [0, 0.1) is 12.8 Å². The Morgan fingerprint density at radius 1 is 1.40 bits per heavy atom. The predicted molar refractivity (Wildman–Crippen MR) is 81.1 cm³/mol. The van der Waals surface area contributed by atoms with Crippen LogP contribution in [0.1, 0.15) is 36.8 Å². The number of hydrogen-bond donors (Lipinski definition) is 1. The summed E-state index contributed by atoms with van der Waals surface area (Å²) in [5.74, 6) is -0.0992. The summed E-state index contributed by atoms with van der Waals surface area (Å²) < 4.78 is 0. The number of nitrogens with zero attached hydrogens (tertiary/aromatic N) is 1. The van der Waals surface area contributed by atoms with Gasteiger partial charge < -0.3 is 5.11 Å². The molecule has 0 radical (unpaired) electrons. The van der Waals surface area contributed by atoms with Crippen LogP contribution in [-0.4, -0.2) is 29.1 Å². The van der Waals surface area contributed by atoms with Gasteiger partial charge in [0.15, 0.2) is 0 Å². The number of carboxylic acid groups (broad SMARTS) is 1. The van der Waals surface area contributed by atoms with Crippen molar-refractivity contribution in [1.82, 2.24) is 4.90 Å². The molecule has 3 nitrogen and oxygen atoms in total. The Morgan fingerprint density at radius 2 is 2.10 bits per heavy atom. The predicted octanol–water partition coefficient (Wildman–Crippen LogP) is 3.73. The molecule has 1 heterocycles. The van der Waals surface area contributed by atoms with E-state index >= 15 is 0 Å². The van der Waals surface area contributed by atoms with Gasteiger partial charge in [0.05, 0.1) is 0 Å². The van der Waals surface area contributed by atoms with E-state index in [4.69, 9.17) is 16.7 Å². The molecule has 0 unspecified atom stereocenters. The quantitative estimate of drug-likeness (QED) is 0.900. The van der Waals surface area contributed by atoms with Gasteiger partial charge in [-0.3, -0.25) is 9.69 Å². The summed E-state index contributed by atoms with van der Waals surface area (Å²) in [5.41, 5.74) is 2.57. The van der Waals surface area contributed by atoms with Crippen molar-refractivity contribution in [1.29, 1.82) is 0 Å². The molecule has 1 fully saturated rings. The standard InChI is InChI=1S/C16H22ClNO2/c1-12-10-15(17)4-3-14(12)11-18-8-6-13(7-9-18)2-5-16(19)20/h3-4,10,13H,2,5-9,11H2,1H3,(H,19,20). The molecule has 0 atom stereocenters. The molecular weight excluding hydrogens is 274 g/mol. The van der Waals surface area contributed by atoms with Crippen LogP contribution in [0.15, 0.2) is 18.2 Å². The van der Waals surface area contributed by atoms with E-state index < -0.39 is 5.97 Å². The van der Waals surface area contributed by atoms with Crippen LogP contribution in [0.5, 0.6) is 0 Å². The molecular formula is C16H22ClNO2. The lowest BCUT2D eigenvalue weighted by Crippen LogP contribution is -2.33. The molecule has 4 heteroatoms. The van der Waals surface area contributed by atoms with Gasteiger partial charge in [0.1, 0.15) is 0 Å². The fraction of sp³-hybridized carbons (Fsp3) is 0.562. The van der Waals surface area contributed by atoms with Gasteiger partial charge in [-0.25, -0.2) is 0 Å². The summed E-state index contributed by atoms with van der Waals surface area (Å²) in [6.45, 7) is 5.19. The van der Waals surface area contributed by atoms with Gasteiger partial charge in [0, 0.05) is 18.0 Å². The maximum absolute atomic E-state index is 10.6.